The first-order valence-electron chi connectivity index (χ1n) is 6.60. The average Bonchev–Trinajstić information content (AvgIpc) is 2.65. The molecule has 0 bridgehead atoms. The maximum absolute atomic E-state index is 3.46. The minimum absolute atomic E-state index is 1.08. The van der Waals surface area contributed by atoms with E-state index < -0.39 is 0 Å². The lowest BCUT2D eigenvalue weighted by Gasteiger charge is -2.03. The third-order valence-corrected chi connectivity index (χ3v) is 3.31. The lowest BCUT2D eigenvalue weighted by Crippen LogP contribution is -2.13. The number of para-hydroxylation sites is 1. The van der Waals surface area contributed by atoms with Crippen molar-refractivity contribution in [2.45, 2.75) is 33.1 Å². The van der Waals surface area contributed by atoms with Crippen LogP contribution in [0.1, 0.15) is 31.0 Å². The van der Waals surface area contributed by atoms with Crippen LogP contribution in [-0.4, -0.2) is 18.1 Å². The Morgan fingerprint density at radius 3 is 2.82 bits per heavy atom. The molecule has 0 aliphatic heterocycles. The quantitative estimate of drug-likeness (QED) is 0.731. The lowest BCUT2D eigenvalue weighted by molar-refractivity contribution is 0.641. The third-order valence-electron chi connectivity index (χ3n) is 3.31. The van der Waals surface area contributed by atoms with Gasteiger partial charge in [0.25, 0.3) is 0 Å². The Balaban J connectivity index is 2.00. The summed E-state index contributed by atoms with van der Waals surface area (Å²) < 4.78 is 0. The minimum atomic E-state index is 1.08. The van der Waals surface area contributed by atoms with Crippen molar-refractivity contribution in [3.8, 4) is 0 Å². The molecular formula is C15H22N2. The van der Waals surface area contributed by atoms with E-state index in [4.69, 9.17) is 0 Å². The molecule has 17 heavy (non-hydrogen) atoms. The van der Waals surface area contributed by atoms with Gasteiger partial charge < -0.3 is 10.3 Å². The first-order valence-corrected chi connectivity index (χ1v) is 6.60. The molecular weight excluding hydrogens is 208 g/mol. The van der Waals surface area contributed by atoms with E-state index in [1.165, 1.54) is 41.4 Å². The Bertz CT molecular complexity index is 471. The number of rotatable bonds is 6. The fraction of sp³-hybridized carbons (Fsp3) is 0.467. The zero-order chi connectivity index (χ0) is 12.1. The second kappa shape index (κ2) is 5.87. The molecule has 2 aromatic rings. The SMILES string of the molecule is CCNCCCCc1c(C)[nH]c2ccccc12. The van der Waals surface area contributed by atoms with Crippen LogP contribution < -0.4 is 5.32 Å². The smallest absolute Gasteiger partial charge is 0.0458 e. The molecule has 0 saturated heterocycles. The molecule has 1 heterocycles. The van der Waals surface area contributed by atoms with Crippen LogP contribution >= 0.6 is 0 Å². The molecule has 2 rings (SSSR count). The second-order valence-electron chi connectivity index (χ2n) is 4.58. The van der Waals surface area contributed by atoms with Crippen LogP contribution in [0, 0.1) is 6.92 Å². The monoisotopic (exact) mass is 230 g/mol. The van der Waals surface area contributed by atoms with Crippen molar-refractivity contribution in [2.75, 3.05) is 13.1 Å². The molecule has 0 saturated carbocycles. The molecule has 0 fully saturated rings. The predicted molar refractivity (Wildman–Crippen MR) is 74.5 cm³/mol. The van der Waals surface area contributed by atoms with Gasteiger partial charge in [0.15, 0.2) is 0 Å². The van der Waals surface area contributed by atoms with Crippen molar-refractivity contribution in [3.63, 3.8) is 0 Å². The van der Waals surface area contributed by atoms with E-state index in [-0.39, 0.29) is 0 Å². The van der Waals surface area contributed by atoms with Gasteiger partial charge in [-0.25, -0.2) is 0 Å². The molecule has 2 heteroatoms. The lowest BCUT2D eigenvalue weighted by atomic mass is 10.0. The fourth-order valence-electron chi connectivity index (χ4n) is 2.39. The van der Waals surface area contributed by atoms with Crippen molar-refractivity contribution in [1.82, 2.24) is 10.3 Å². The molecule has 0 radical (unpaired) electrons. The van der Waals surface area contributed by atoms with Crippen molar-refractivity contribution in [1.29, 1.82) is 0 Å². The Morgan fingerprint density at radius 1 is 1.18 bits per heavy atom. The number of hydrogen-bond donors (Lipinski definition) is 2. The van der Waals surface area contributed by atoms with Gasteiger partial charge in [0.2, 0.25) is 0 Å². The highest BCUT2D eigenvalue weighted by Gasteiger charge is 2.06. The summed E-state index contributed by atoms with van der Waals surface area (Å²) in [6.45, 7) is 6.55. The third kappa shape index (κ3) is 2.89. The standard InChI is InChI=1S/C15H22N2/c1-3-16-11-7-6-8-13-12(2)17-15-10-5-4-9-14(13)15/h4-5,9-10,16-17H,3,6-8,11H2,1-2H3. The van der Waals surface area contributed by atoms with Gasteiger partial charge >= 0.3 is 0 Å². The number of aromatic nitrogens is 1. The number of benzene rings is 1. The Morgan fingerprint density at radius 2 is 2.00 bits per heavy atom. The molecule has 0 unspecified atom stereocenters. The number of aromatic amines is 1. The Labute approximate surface area is 103 Å². The highest BCUT2D eigenvalue weighted by Crippen LogP contribution is 2.23. The molecule has 0 aliphatic rings. The zero-order valence-electron chi connectivity index (χ0n) is 10.8. The van der Waals surface area contributed by atoms with Crippen LogP contribution in [-0.2, 0) is 6.42 Å². The predicted octanol–water partition coefficient (Wildman–Crippen LogP) is 3.41. The van der Waals surface area contributed by atoms with Gasteiger partial charge in [-0.05, 0) is 50.9 Å². The van der Waals surface area contributed by atoms with Crippen molar-refractivity contribution >= 4 is 10.9 Å². The van der Waals surface area contributed by atoms with Crippen LogP contribution in [0.5, 0.6) is 0 Å². The van der Waals surface area contributed by atoms with Crippen LogP contribution in [0.15, 0.2) is 24.3 Å². The highest BCUT2D eigenvalue weighted by molar-refractivity contribution is 5.84. The van der Waals surface area contributed by atoms with Crippen LogP contribution in [0.25, 0.3) is 10.9 Å². The van der Waals surface area contributed by atoms with Gasteiger partial charge in [-0.15, -0.1) is 0 Å². The number of aryl methyl sites for hydroxylation is 2. The normalized spacial score (nSPS) is 11.2. The molecule has 0 amide bonds. The molecule has 0 spiro atoms. The summed E-state index contributed by atoms with van der Waals surface area (Å²) >= 11 is 0. The average molecular weight is 230 g/mol. The van der Waals surface area contributed by atoms with Crippen LogP contribution in [0.4, 0.5) is 0 Å². The Kier molecular flexibility index (Phi) is 4.21. The van der Waals surface area contributed by atoms with E-state index in [0.29, 0.717) is 0 Å². The number of nitrogens with one attached hydrogen (secondary N) is 2. The van der Waals surface area contributed by atoms with Crippen LogP contribution in [0.2, 0.25) is 0 Å². The fourth-order valence-corrected chi connectivity index (χ4v) is 2.39. The Hall–Kier alpha value is -1.28. The molecule has 0 aliphatic carbocycles. The molecule has 0 atom stereocenters. The second-order valence-corrected chi connectivity index (χ2v) is 4.58. The van der Waals surface area contributed by atoms with Crippen molar-refractivity contribution in [2.24, 2.45) is 0 Å². The first kappa shape index (κ1) is 12.2. The number of fused-ring (bicyclic) bond motifs is 1. The molecule has 1 aromatic heterocycles. The maximum Gasteiger partial charge on any atom is 0.0458 e. The maximum atomic E-state index is 3.46. The van der Waals surface area contributed by atoms with E-state index in [1.54, 1.807) is 0 Å². The van der Waals surface area contributed by atoms with Gasteiger partial charge in [-0.3, -0.25) is 0 Å². The minimum Gasteiger partial charge on any atom is -0.358 e. The van der Waals surface area contributed by atoms with Crippen LogP contribution in [0.3, 0.4) is 0 Å². The van der Waals surface area contributed by atoms with E-state index >= 15 is 0 Å². The van der Waals surface area contributed by atoms with Gasteiger partial charge in [0.1, 0.15) is 0 Å². The zero-order valence-corrected chi connectivity index (χ0v) is 10.8. The molecule has 92 valence electrons. The van der Waals surface area contributed by atoms with E-state index in [1.807, 2.05) is 0 Å². The highest BCUT2D eigenvalue weighted by atomic mass is 14.8. The van der Waals surface area contributed by atoms with Gasteiger partial charge in [-0.2, -0.15) is 0 Å². The van der Waals surface area contributed by atoms with Gasteiger partial charge in [0, 0.05) is 16.6 Å². The summed E-state index contributed by atoms with van der Waals surface area (Å²) in [4.78, 5) is 3.46. The summed E-state index contributed by atoms with van der Waals surface area (Å²) in [5.41, 5.74) is 4.10. The molecule has 2 N–H and O–H groups in total. The molecule has 2 nitrogen and oxygen atoms in total. The number of hydrogen-bond acceptors (Lipinski definition) is 1. The summed E-state index contributed by atoms with van der Waals surface area (Å²) in [6, 6.07) is 8.59. The van der Waals surface area contributed by atoms with Gasteiger partial charge in [0.05, 0.1) is 0 Å². The largest absolute Gasteiger partial charge is 0.358 e. The summed E-state index contributed by atoms with van der Waals surface area (Å²) in [6.07, 6.45) is 3.70. The molecule has 1 aromatic carbocycles. The number of H-pyrrole nitrogens is 1. The van der Waals surface area contributed by atoms with E-state index in [9.17, 15) is 0 Å². The van der Waals surface area contributed by atoms with Crippen molar-refractivity contribution in [3.05, 3.63) is 35.5 Å². The van der Waals surface area contributed by atoms with Crippen molar-refractivity contribution < 1.29 is 0 Å². The topological polar surface area (TPSA) is 27.8 Å². The van der Waals surface area contributed by atoms with E-state index in [2.05, 4.69) is 48.4 Å². The first-order chi connectivity index (χ1) is 8.33. The summed E-state index contributed by atoms with van der Waals surface area (Å²) in [5.74, 6) is 0. The summed E-state index contributed by atoms with van der Waals surface area (Å²) in [7, 11) is 0. The number of unbranched alkanes of at least 4 members (excludes halogenated alkanes) is 1. The summed E-state index contributed by atoms with van der Waals surface area (Å²) in [5, 5.41) is 4.77. The van der Waals surface area contributed by atoms with Gasteiger partial charge in [-0.1, -0.05) is 25.1 Å². The van der Waals surface area contributed by atoms with E-state index in [0.717, 1.165) is 13.1 Å².